The molecule has 0 radical (unpaired) electrons. The maximum atomic E-state index is 8.69. The van der Waals surface area contributed by atoms with Gasteiger partial charge in [-0.15, -0.1) is 0 Å². The Balaban J connectivity index is 1.67. The summed E-state index contributed by atoms with van der Waals surface area (Å²) >= 11 is 0. The second kappa shape index (κ2) is 6.82. The molecule has 0 spiro atoms. The molecule has 0 atom stereocenters. The molecule has 1 aromatic heterocycles. The summed E-state index contributed by atoms with van der Waals surface area (Å²) in [5.74, 6) is 1.37. The van der Waals surface area contributed by atoms with Gasteiger partial charge in [0.2, 0.25) is 5.89 Å². The fraction of sp³-hybridized carbons (Fsp3) is 0.833. The quantitative estimate of drug-likeness (QED) is 0.756. The zero-order valence-corrected chi connectivity index (χ0v) is 10.8. The minimum absolute atomic E-state index is 0.204. The van der Waals surface area contributed by atoms with Crippen LogP contribution in [0.4, 0.5) is 0 Å². The lowest BCUT2D eigenvalue weighted by Crippen LogP contribution is -2.37. The molecule has 0 aliphatic carbocycles. The molecule has 6 nitrogen and oxygen atoms in total. The van der Waals surface area contributed by atoms with E-state index in [1.807, 2.05) is 0 Å². The van der Waals surface area contributed by atoms with Crippen molar-refractivity contribution in [3.05, 3.63) is 11.7 Å². The van der Waals surface area contributed by atoms with Gasteiger partial charge in [0.25, 0.3) is 0 Å². The third kappa shape index (κ3) is 4.04. The molecule has 1 aromatic rings. The topological polar surface area (TPSA) is 71.6 Å². The summed E-state index contributed by atoms with van der Waals surface area (Å²) in [6.07, 6.45) is 3.12. The molecule has 1 aliphatic heterocycles. The molecular weight excluding hydrogens is 234 g/mol. The van der Waals surface area contributed by atoms with Gasteiger partial charge in [-0.05, 0) is 19.3 Å². The van der Waals surface area contributed by atoms with Gasteiger partial charge in [0, 0.05) is 33.2 Å². The standard InChI is InChI=1S/C12H21N3O3/c1-10-13-12(14-18-10)9-15-5-3-11(4-6-15)17-8-2-7-16/h11,16H,2-9H2,1H3. The number of aryl methyl sites for hydroxylation is 1. The Labute approximate surface area is 107 Å². The predicted octanol–water partition coefficient (Wildman–Crippen LogP) is 0.741. The summed E-state index contributed by atoms with van der Waals surface area (Å²) in [7, 11) is 0. The number of nitrogens with zero attached hydrogens (tertiary/aromatic N) is 3. The molecule has 0 unspecified atom stereocenters. The largest absolute Gasteiger partial charge is 0.396 e. The van der Waals surface area contributed by atoms with Crippen LogP contribution in [0.25, 0.3) is 0 Å². The second-order valence-electron chi connectivity index (χ2n) is 4.65. The maximum absolute atomic E-state index is 8.69. The van der Waals surface area contributed by atoms with Gasteiger partial charge in [0.15, 0.2) is 5.82 Å². The van der Waals surface area contributed by atoms with E-state index in [9.17, 15) is 0 Å². The molecule has 0 bridgehead atoms. The first-order valence-electron chi connectivity index (χ1n) is 6.52. The molecule has 0 aromatic carbocycles. The third-order valence-electron chi connectivity index (χ3n) is 3.13. The van der Waals surface area contributed by atoms with Crippen LogP contribution in [0.1, 0.15) is 31.0 Å². The lowest BCUT2D eigenvalue weighted by atomic mass is 10.1. The molecule has 1 aliphatic rings. The van der Waals surface area contributed by atoms with E-state index in [4.69, 9.17) is 14.4 Å². The molecule has 18 heavy (non-hydrogen) atoms. The SMILES string of the molecule is Cc1nc(CN2CCC(OCCCO)CC2)no1. The van der Waals surface area contributed by atoms with Crippen molar-refractivity contribution in [1.29, 1.82) is 0 Å². The lowest BCUT2D eigenvalue weighted by Gasteiger charge is -2.30. The predicted molar refractivity (Wildman–Crippen MR) is 65.0 cm³/mol. The number of aromatic nitrogens is 2. The summed E-state index contributed by atoms with van der Waals surface area (Å²) in [6.45, 7) is 5.41. The van der Waals surface area contributed by atoms with Crippen LogP contribution in [0.2, 0.25) is 0 Å². The van der Waals surface area contributed by atoms with Crippen LogP contribution in [-0.2, 0) is 11.3 Å². The monoisotopic (exact) mass is 255 g/mol. The van der Waals surface area contributed by atoms with Gasteiger partial charge in [-0.25, -0.2) is 0 Å². The fourth-order valence-corrected chi connectivity index (χ4v) is 2.15. The first-order valence-corrected chi connectivity index (χ1v) is 6.52. The molecule has 0 saturated carbocycles. The van der Waals surface area contributed by atoms with Crippen LogP contribution in [0.3, 0.4) is 0 Å². The minimum Gasteiger partial charge on any atom is -0.396 e. The van der Waals surface area contributed by atoms with Crippen molar-refractivity contribution in [1.82, 2.24) is 15.0 Å². The highest BCUT2D eigenvalue weighted by Crippen LogP contribution is 2.15. The highest BCUT2D eigenvalue weighted by Gasteiger charge is 2.20. The van der Waals surface area contributed by atoms with E-state index in [0.29, 0.717) is 18.6 Å². The van der Waals surface area contributed by atoms with Gasteiger partial charge in [-0.2, -0.15) is 4.98 Å². The highest BCUT2D eigenvalue weighted by molar-refractivity contribution is 4.85. The normalized spacial score (nSPS) is 18.3. The van der Waals surface area contributed by atoms with Crippen LogP contribution in [0.5, 0.6) is 0 Å². The number of piperidine rings is 1. The van der Waals surface area contributed by atoms with Crippen molar-refractivity contribution in [2.24, 2.45) is 0 Å². The van der Waals surface area contributed by atoms with Crippen molar-refractivity contribution in [2.75, 3.05) is 26.3 Å². The van der Waals surface area contributed by atoms with E-state index in [2.05, 4.69) is 15.0 Å². The van der Waals surface area contributed by atoms with Crippen molar-refractivity contribution in [2.45, 2.75) is 38.8 Å². The molecule has 6 heteroatoms. The zero-order chi connectivity index (χ0) is 12.8. The highest BCUT2D eigenvalue weighted by atomic mass is 16.5. The van der Waals surface area contributed by atoms with Gasteiger partial charge in [0.05, 0.1) is 12.6 Å². The molecule has 1 saturated heterocycles. The molecule has 0 amide bonds. The number of aliphatic hydroxyl groups excluding tert-OH is 1. The van der Waals surface area contributed by atoms with Crippen molar-refractivity contribution in [3.63, 3.8) is 0 Å². The van der Waals surface area contributed by atoms with Crippen LogP contribution < -0.4 is 0 Å². The minimum atomic E-state index is 0.204. The van der Waals surface area contributed by atoms with E-state index in [-0.39, 0.29) is 6.61 Å². The second-order valence-corrected chi connectivity index (χ2v) is 4.65. The van der Waals surface area contributed by atoms with Gasteiger partial charge >= 0.3 is 0 Å². The van der Waals surface area contributed by atoms with Crippen molar-refractivity contribution < 1.29 is 14.4 Å². The Kier molecular flexibility index (Phi) is 5.10. The van der Waals surface area contributed by atoms with Crippen molar-refractivity contribution >= 4 is 0 Å². The van der Waals surface area contributed by atoms with Gasteiger partial charge in [0.1, 0.15) is 0 Å². The maximum Gasteiger partial charge on any atom is 0.223 e. The fourth-order valence-electron chi connectivity index (χ4n) is 2.15. The van der Waals surface area contributed by atoms with Gasteiger partial charge in [-0.3, -0.25) is 4.90 Å². The van der Waals surface area contributed by atoms with E-state index in [1.54, 1.807) is 6.92 Å². The average molecular weight is 255 g/mol. The first kappa shape index (κ1) is 13.5. The Bertz CT molecular complexity index is 348. The average Bonchev–Trinajstić information content (AvgIpc) is 2.77. The molecule has 1 N–H and O–H groups in total. The summed E-state index contributed by atoms with van der Waals surface area (Å²) in [4.78, 5) is 6.52. The smallest absolute Gasteiger partial charge is 0.223 e. The van der Waals surface area contributed by atoms with E-state index < -0.39 is 0 Å². The van der Waals surface area contributed by atoms with Crippen molar-refractivity contribution in [3.8, 4) is 0 Å². The van der Waals surface area contributed by atoms with Gasteiger partial charge < -0.3 is 14.4 Å². The van der Waals surface area contributed by atoms with Crippen LogP contribution in [-0.4, -0.2) is 52.6 Å². The van der Waals surface area contributed by atoms with Gasteiger partial charge in [-0.1, -0.05) is 5.16 Å². The van der Waals surface area contributed by atoms with E-state index >= 15 is 0 Å². The Morgan fingerprint density at radius 3 is 2.83 bits per heavy atom. The van der Waals surface area contributed by atoms with Crippen LogP contribution in [0, 0.1) is 6.92 Å². The summed E-state index contributed by atoms with van der Waals surface area (Å²) < 4.78 is 10.6. The zero-order valence-electron chi connectivity index (χ0n) is 10.8. The Morgan fingerprint density at radius 1 is 1.44 bits per heavy atom. The third-order valence-corrected chi connectivity index (χ3v) is 3.13. The summed E-state index contributed by atoms with van der Waals surface area (Å²) in [5.41, 5.74) is 0. The number of aliphatic hydroxyl groups is 1. The van der Waals surface area contributed by atoms with E-state index in [1.165, 1.54) is 0 Å². The molecule has 1 fully saturated rings. The number of rotatable bonds is 6. The van der Waals surface area contributed by atoms with Crippen LogP contribution >= 0.6 is 0 Å². The van der Waals surface area contributed by atoms with Crippen LogP contribution in [0.15, 0.2) is 4.52 Å². The molecule has 2 heterocycles. The summed E-state index contributed by atoms with van der Waals surface area (Å²) in [5, 5.41) is 12.6. The number of ether oxygens (including phenoxy) is 1. The summed E-state index contributed by atoms with van der Waals surface area (Å²) in [6, 6.07) is 0. The number of likely N-dealkylation sites (tertiary alicyclic amines) is 1. The lowest BCUT2D eigenvalue weighted by molar-refractivity contribution is 0.000253. The Morgan fingerprint density at radius 2 is 2.22 bits per heavy atom. The molecule has 102 valence electrons. The number of hydrogen-bond donors (Lipinski definition) is 1. The number of hydrogen-bond acceptors (Lipinski definition) is 6. The molecular formula is C12H21N3O3. The Hall–Kier alpha value is -0.980. The van der Waals surface area contributed by atoms with E-state index in [0.717, 1.165) is 44.7 Å². The first-order chi connectivity index (χ1) is 8.78. The molecule has 2 rings (SSSR count).